The first-order valence-corrected chi connectivity index (χ1v) is 6.77. The van der Waals surface area contributed by atoms with Gasteiger partial charge in [0.05, 0.1) is 11.6 Å². The minimum Gasteiger partial charge on any atom is -0.491 e. The fraction of sp³-hybridized carbons (Fsp3) is 0.143. The number of rotatable bonds is 2. The topological polar surface area (TPSA) is 51.2 Å². The predicted molar refractivity (Wildman–Crippen MR) is 74.0 cm³/mol. The van der Waals surface area contributed by atoms with Crippen LogP contribution in [0.4, 0.5) is 4.39 Å². The summed E-state index contributed by atoms with van der Waals surface area (Å²) in [4.78, 5) is 15.5. The molecule has 20 heavy (non-hydrogen) atoms. The fourth-order valence-electron chi connectivity index (χ4n) is 2.06. The first-order valence-electron chi connectivity index (χ1n) is 5.98. The maximum Gasteiger partial charge on any atom is 0.253 e. The van der Waals surface area contributed by atoms with Crippen LogP contribution in [-0.4, -0.2) is 17.5 Å². The fourth-order valence-corrected chi connectivity index (χ4v) is 2.40. The van der Waals surface area contributed by atoms with Gasteiger partial charge in [0.2, 0.25) is 5.95 Å². The van der Waals surface area contributed by atoms with Crippen molar-refractivity contribution in [1.29, 1.82) is 0 Å². The second-order valence-electron chi connectivity index (χ2n) is 4.39. The van der Waals surface area contributed by atoms with Crippen LogP contribution in [0.1, 0.15) is 22.0 Å². The van der Waals surface area contributed by atoms with E-state index in [9.17, 15) is 9.18 Å². The molecule has 0 spiro atoms. The van der Waals surface area contributed by atoms with Gasteiger partial charge in [-0.05, 0) is 24.3 Å². The smallest absolute Gasteiger partial charge is 0.253 e. The van der Waals surface area contributed by atoms with Crippen molar-refractivity contribution in [3.63, 3.8) is 0 Å². The Kier molecular flexibility index (Phi) is 3.40. The van der Waals surface area contributed by atoms with Crippen LogP contribution >= 0.6 is 15.9 Å². The monoisotopic (exact) mass is 336 g/mol. The van der Waals surface area contributed by atoms with E-state index in [1.165, 1.54) is 12.3 Å². The van der Waals surface area contributed by atoms with Crippen molar-refractivity contribution < 1.29 is 13.9 Å². The summed E-state index contributed by atoms with van der Waals surface area (Å²) in [5.74, 6) is -0.162. The van der Waals surface area contributed by atoms with E-state index in [2.05, 4.69) is 26.2 Å². The van der Waals surface area contributed by atoms with Crippen molar-refractivity contribution >= 4 is 21.8 Å². The molecule has 0 saturated heterocycles. The molecule has 1 aromatic carbocycles. The van der Waals surface area contributed by atoms with Crippen molar-refractivity contribution in [1.82, 2.24) is 10.3 Å². The van der Waals surface area contributed by atoms with Gasteiger partial charge in [0.25, 0.3) is 5.91 Å². The summed E-state index contributed by atoms with van der Waals surface area (Å²) < 4.78 is 19.2. The van der Waals surface area contributed by atoms with Crippen molar-refractivity contribution in [2.75, 3.05) is 6.61 Å². The summed E-state index contributed by atoms with van der Waals surface area (Å²) in [6.07, 6.45) is 1.21. The molecule has 1 aromatic heterocycles. The molecule has 1 aliphatic rings. The van der Waals surface area contributed by atoms with Crippen molar-refractivity contribution in [3.8, 4) is 5.75 Å². The van der Waals surface area contributed by atoms with Crippen LogP contribution in [0.2, 0.25) is 0 Å². The Bertz CT molecular complexity index is 661. The van der Waals surface area contributed by atoms with Gasteiger partial charge in [0.15, 0.2) is 0 Å². The van der Waals surface area contributed by atoms with Gasteiger partial charge in [0, 0.05) is 16.2 Å². The molecule has 0 bridgehead atoms. The lowest BCUT2D eigenvalue weighted by atomic mass is 10.1. The maximum atomic E-state index is 12.7. The molecule has 3 rings (SSSR count). The zero-order valence-electron chi connectivity index (χ0n) is 10.3. The van der Waals surface area contributed by atoms with Gasteiger partial charge in [-0.25, -0.2) is 4.98 Å². The maximum absolute atomic E-state index is 12.7. The van der Waals surface area contributed by atoms with Crippen LogP contribution in [0.5, 0.6) is 5.75 Å². The molecule has 2 aromatic rings. The largest absolute Gasteiger partial charge is 0.491 e. The number of pyridine rings is 1. The Labute approximate surface area is 123 Å². The summed E-state index contributed by atoms with van der Waals surface area (Å²) in [7, 11) is 0. The lowest BCUT2D eigenvalue weighted by molar-refractivity contribution is 0.0930. The molecule has 6 heteroatoms. The van der Waals surface area contributed by atoms with Crippen LogP contribution < -0.4 is 10.1 Å². The summed E-state index contributed by atoms with van der Waals surface area (Å²) in [5, 5.41) is 2.85. The molecule has 4 nitrogen and oxygen atoms in total. The minimum atomic E-state index is -0.610. The number of carbonyl (C=O) groups is 1. The molecule has 0 saturated carbocycles. The van der Waals surface area contributed by atoms with E-state index < -0.39 is 5.95 Å². The zero-order chi connectivity index (χ0) is 14.1. The Hall–Kier alpha value is -1.95. The molecular weight excluding hydrogens is 327 g/mol. The van der Waals surface area contributed by atoms with E-state index in [0.717, 1.165) is 21.9 Å². The summed E-state index contributed by atoms with van der Waals surface area (Å²) in [5.41, 5.74) is 1.24. The van der Waals surface area contributed by atoms with E-state index in [0.29, 0.717) is 12.2 Å². The number of ether oxygens (including phenoxy) is 1. The van der Waals surface area contributed by atoms with Crippen LogP contribution in [0.3, 0.4) is 0 Å². The minimum absolute atomic E-state index is 0.212. The van der Waals surface area contributed by atoms with E-state index in [4.69, 9.17) is 4.74 Å². The van der Waals surface area contributed by atoms with Crippen molar-refractivity contribution in [2.24, 2.45) is 0 Å². The van der Waals surface area contributed by atoms with E-state index >= 15 is 0 Å². The molecule has 0 fully saturated rings. The van der Waals surface area contributed by atoms with Gasteiger partial charge in [-0.15, -0.1) is 0 Å². The Balaban J connectivity index is 1.77. The standard InChI is InChI=1S/C14H10BrFN2O2/c15-9-2-3-10-11(7-20-12(10)5-9)18-14(19)8-1-4-13(16)17-6-8/h1-6,11H,7H2,(H,18,19). The number of hydrogen-bond donors (Lipinski definition) is 1. The number of benzene rings is 1. The number of halogens is 2. The average Bonchev–Trinajstić information content (AvgIpc) is 2.81. The molecule has 1 amide bonds. The van der Waals surface area contributed by atoms with E-state index in [1.54, 1.807) is 0 Å². The molecule has 1 aliphatic heterocycles. The van der Waals surface area contributed by atoms with E-state index in [-0.39, 0.29) is 11.9 Å². The molecule has 102 valence electrons. The van der Waals surface area contributed by atoms with Crippen LogP contribution in [0, 0.1) is 5.95 Å². The van der Waals surface area contributed by atoms with Crippen LogP contribution in [-0.2, 0) is 0 Å². The lowest BCUT2D eigenvalue weighted by Gasteiger charge is -2.11. The van der Waals surface area contributed by atoms with E-state index in [1.807, 2.05) is 18.2 Å². The molecule has 0 aliphatic carbocycles. The molecule has 1 unspecified atom stereocenters. The summed E-state index contributed by atoms with van der Waals surface area (Å²) in [6.45, 7) is 0.381. The van der Waals surface area contributed by atoms with Gasteiger partial charge in [-0.3, -0.25) is 4.79 Å². The molecule has 1 N–H and O–H groups in total. The molecule has 2 heterocycles. The quantitative estimate of drug-likeness (QED) is 0.858. The molecular formula is C14H10BrFN2O2. The highest BCUT2D eigenvalue weighted by Crippen LogP contribution is 2.34. The third kappa shape index (κ3) is 2.51. The molecule has 0 radical (unpaired) electrons. The zero-order valence-corrected chi connectivity index (χ0v) is 11.9. The van der Waals surface area contributed by atoms with Gasteiger partial charge < -0.3 is 10.1 Å². The van der Waals surface area contributed by atoms with Gasteiger partial charge >= 0.3 is 0 Å². The second kappa shape index (κ2) is 5.20. The number of aromatic nitrogens is 1. The number of nitrogens with zero attached hydrogens (tertiary/aromatic N) is 1. The number of amides is 1. The van der Waals surface area contributed by atoms with Gasteiger partial charge in [0.1, 0.15) is 12.4 Å². The highest BCUT2D eigenvalue weighted by atomic mass is 79.9. The van der Waals surface area contributed by atoms with Crippen LogP contribution in [0.15, 0.2) is 41.0 Å². The third-order valence-corrected chi connectivity index (χ3v) is 3.54. The first-order chi connectivity index (χ1) is 9.63. The van der Waals surface area contributed by atoms with Gasteiger partial charge in [-0.2, -0.15) is 4.39 Å². The number of hydrogen-bond acceptors (Lipinski definition) is 3. The normalized spacial score (nSPS) is 16.4. The number of fused-ring (bicyclic) bond motifs is 1. The Morgan fingerprint density at radius 1 is 1.40 bits per heavy atom. The second-order valence-corrected chi connectivity index (χ2v) is 5.30. The SMILES string of the molecule is O=C(NC1COc2cc(Br)ccc21)c1ccc(F)nc1. The van der Waals surface area contributed by atoms with Gasteiger partial charge in [-0.1, -0.05) is 22.0 Å². The third-order valence-electron chi connectivity index (χ3n) is 3.05. The predicted octanol–water partition coefficient (Wildman–Crippen LogP) is 2.85. The summed E-state index contributed by atoms with van der Waals surface area (Å²) >= 11 is 3.37. The Morgan fingerprint density at radius 3 is 3.00 bits per heavy atom. The lowest BCUT2D eigenvalue weighted by Crippen LogP contribution is -2.29. The number of carbonyl (C=O) groups excluding carboxylic acids is 1. The highest BCUT2D eigenvalue weighted by molar-refractivity contribution is 9.10. The van der Waals surface area contributed by atoms with Crippen LogP contribution in [0.25, 0.3) is 0 Å². The average molecular weight is 337 g/mol. The number of nitrogens with one attached hydrogen (secondary N) is 1. The molecule has 1 atom stereocenters. The first kappa shape index (κ1) is 13.1. The van der Waals surface area contributed by atoms with Crippen molar-refractivity contribution in [2.45, 2.75) is 6.04 Å². The summed E-state index contributed by atoms with van der Waals surface area (Å²) in [6, 6.07) is 8.00. The Morgan fingerprint density at radius 2 is 2.25 bits per heavy atom. The highest BCUT2D eigenvalue weighted by Gasteiger charge is 2.26. The van der Waals surface area contributed by atoms with Crippen molar-refractivity contribution in [3.05, 3.63) is 58.1 Å².